The summed E-state index contributed by atoms with van der Waals surface area (Å²) in [5, 5.41) is 19.7. The molecule has 0 amide bonds. The number of ether oxygens (including phenoxy) is 1. The quantitative estimate of drug-likeness (QED) is 0.305. The molecule has 27 heavy (non-hydrogen) atoms. The van der Waals surface area contributed by atoms with Crippen molar-refractivity contribution in [1.82, 2.24) is 9.13 Å². The fraction of sp³-hybridized carbons (Fsp3) is 0.353. The predicted octanol–water partition coefficient (Wildman–Crippen LogP) is 1.81. The lowest BCUT2D eigenvalue weighted by atomic mass is 10.1. The average molecular weight is 377 g/mol. The largest absolute Gasteiger partial charge is 0.481 e. The Hall–Kier alpha value is -3.43. The molecule has 0 aliphatic heterocycles. The molecule has 10 nitrogen and oxygen atoms in total. The monoisotopic (exact) mass is 377 g/mol. The van der Waals surface area contributed by atoms with E-state index in [9.17, 15) is 24.5 Å². The number of carboxylic acids is 1. The van der Waals surface area contributed by atoms with E-state index in [1.807, 2.05) is 0 Å². The average Bonchev–Trinajstić information content (AvgIpc) is 3.16. The van der Waals surface area contributed by atoms with Crippen LogP contribution in [0.5, 0.6) is 0 Å². The van der Waals surface area contributed by atoms with Gasteiger partial charge in [-0.1, -0.05) is 0 Å². The van der Waals surface area contributed by atoms with Crippen molar-refractivity contribution in [3.63, 3.8) is 0 Å². The van der Waals surface area contributed by atoms with Gasteiger partial charge < -0.3 is 19.0 Å². The molecule has 2 aromatic heterocycles. The van der Waals surface area contributed by atoms with Crippen molar-refractivity contribution in [2.75, 3.05) is 6.61 Å². The molecule has 0 aliphatic carbocycles. The van der Waals surface area contributed by atoms with Crippen LogP contribution < -0.4 is 0 Å². The zero-order valence-corrected chi connectivity index (χ0v) is 14.9. The van der Waals surface area contributed by atoms with Crippen molar-refractivity contribution in [1.29, 1.82) is 0 Å². The Kier molecular flexibility index (Phi) is 6.11. The highest BCUT2D eigenvalue weighted by Gasteiger charge is 2.21. The molecule has 0 saturated carbocycles. The first-order chi connectivity index (χ1) is 12.7. The number of ketones is 1. The molecule has 10 heteroatoms. The first-order valence-electron chi connectivity index (χ1n) is 8.14. The van der Waals surface area contributed by atoms with Crippen molar-refractivity contribution < 1.29 is 29.2 Å². The molecule has 2 aromatic rings. The summed E-state index contributed by atoms with van der Waals surface area (Å²) in [5.41, 5.74) is 0.612. The Morgan fingerprint density at radius 1 is 1.22 bits per heavy atom. The summed E-state index contributed by atoms with van der Waals surface area (Å²) in [6.45, 7) is 1.85. The molecule has 0 aliphatic rings. The van der Waals surface area contributed by atoms with Crippen LogP contribution >= 0.6 is 0 Å². The number of nitro groups is 1. The molecule has 144 valence electrons. The highest BCUT2D eigenvalue weighted by atomic mass is 16.6. The van der Waals surface area contributed by atoms with E-state index < -0.39 is 16.9 Å². The van der Waals surface area contributed by atoms with Crippen LogP contribution in [-0.4, -0.2) is 43.5 Å². The maximum absolute atomic E-state index is 12.5. The van der Waals surface area contributed by atoms with Gasteiger partial charge in [-0.15, -0.1) is 0 Å². The summed E-state index contributed by atoms with van der Waals surface area (Å²) in [6.07, 6.45) is 2.47. The Balaban J connectivity index is 2.25. The zero-order chi connectivity index (χ0) is 20.1. The van der Waals surface area contributed by atoms with Gasteiger partial charge in [0.05, 0.1) is 29.8 Å². The maximum atomic E-state index is 12.5. The molecule has 0 radical (unpaired) electrons. The minimum atomic E-state index is -1.02. The topological polar surface area (TPSA) is 134 Å². The number of Topliss-reactive ketones (excluding diaryl/α,β-unsaturated/α-hetero) is 1. The number of rotatable bonds is 9. The molecule has 2 heterocycles. The number of aryl methyl sites for hydroxylation is 2. The van der Waals surface area contributed by atoms with Gasteiger partial charge in [0.25, 0.3) is 5.69 Å². The Bertz CT molecular complexity index is 894. The maximum Gasteiger partial charge on any atom is 0.354 e. The smallest absolute Gasteiger partial charge is 0.354 e. The molecule has 0 spiro atoms. The minimum absolute atomic E-state index is 0.0489. The number of aliphatic carboxylic acids is 1. The van der Waals surface area contributed by atoms with Crippen molar-refractivity contribution >= 4 is 23.4 Å². The number of carbonyl (C=O) groups is 3. The lowest BCUT2D eigenvalue weighted by Crippen LogP contribution is -2.13. The summed E-state index contributed by atoms with van der Waals surface area (Å²) in [5.74, 6) is -2.00. The van der Waals surface area contributed by atoms with Crippen molar-refractivity contribution in [2.24, 2.45) is 7.05 Å². The summed E-state index contributed by atoms with van der Waals surface area (Å²) < 4.78 is 7.76. The van der Waals surface area contributed by atoms with Crippen LogP contribution in [0.15, 0.2) is 24.5 Å². The molecule has 0 unspecified atom stereocenters. The molecule has 0 atom stereocenters. The van der Waals surface area contributed by atoms with Crippen LogP contribution in [-0.2, 0) is 29.5 Å². The lowest BCUT2D eigenvalue weighted by molar-refractivity contribution is -0.384. The highest BCUT2D eigenvalue weighted by Crippen LogP contribution is 2.19. The van der Waals surface area contributed by atoms with E-state index in [0.29, 0.717) is 5.56 Å². The third kappa shape index (κ3) is 4.81. The Morgan fingerprint density at radius 3 is 2.48 bits per heavy atom. The number of nitrogens with zero attached hydrogens (tertiary/aromatic N) is 3. The third-order valence-electron chi connectivity index (χ3n) is 3.86. The fourth-order valence-electron chi connectivity index (χ4n) is 2.64. The fourth-order valence-corrected chi connectivity index (χ4v) is 2.64. The zero-order valence-electron chi connectivity index (χ0n) is 14.9. The standard InChI is InChI=1S/C17H19N3O7/c1-3-27-17(24)14-6-11(9-19(14)5-4-16(22)23)7-15(21)13-8-12(20(25)26)10-18(13)2/h6,8-10H,3-5,7H2,1-2H3,(H,22,23). The van der Waals surface area contributed by atoms with Gasteiger partial charge in [-0.25, -0.2) is 4.79 Å². The molecule has 0 aromatic carbocycles. The molecule has 0 fully saturated rings. The van der Waals surface area contributed by atoms with Crippen molar-refractivity contribution in [3.8, 4) is 0 Å². The molecule has 0 bridgehead atoms. The number of esters is 1. The summed E-state index contributed by atoms with van der Waals surface area (Å²) in [6, 6.07) is 2.66. The van der Waals surface area contributed by atoms with Crippen LogP contribution in [0.2, 0.25) is 0 Å². The van der Waals surface area contributed by atoms with Crippen LogP contribution in [0.25, 0.3) is 0 Å². The molecule has 2 rings (SSSR count). The van der Waals surface area contributed by atoms with Gasteiger partial charge in [0.15, 0.2) is 5.78 Å². The van der Waals surface area contributed by atoms with Crippen LogP contribution in [0, 0.1) is 10.1 Å². The Morgan fingerprint density at radius 2 is 1.93 bits per heavy atom. The van der Waals surface area contributed by atoms with Gasteiger partial charge in [0, 0.05) is 32.3 Å². The number of hydrogen-bond donors (Lipinski definition) is 1. The van der Waals surface area contributed by atoms with E-state index in [2.05, 4.69) is 0 Å². The summed E-state index contributed by atoms with van der Waals surface area (Å²) >= 11 is 0. The van der Waals surface area contributed by atoms with E-state index in [1.54, 1.807) is 6.92 Å². The number of aromatic nitrogens is 2. The second-order valence-corrected chi connectivity index (χ2v) is 5.84. The van der Waals surface area contributed by atoms with Gasteiger partial charge in [0.2, 0.25) is 0 Å². The normalized spacial score (nSPS) is 10.6. The summed E-state index contributed by atoms with van der Waals surface area (Å²) in [7, 11) is 1.53. The van der Waals surface area contributed by atoms with Crippen LogP contribution in [0.4, 0.5) is 5.69 Å². The SMILES string of the molecule is CCOC(=O)c1cc(CC(=O)c2cc([N+](=O)[O-])cn2C)cn1CCC(=O)O. The highest BCUT2D eigenvalue weighted by molar-refractivity contribution is 5.97. The van der Waals surface area contributed by atoms with Crippen molar-refractivity contribution in [3.05, 3.63) is 51.6 Å². The van der Waals surface area contributed by atoms with Crippen LogP contribution in [0.1, 0.15) is 39.9 Å². The van der Waals surface area contributed by atoms with E-state index in [-0.39, 0.29) is 48.9 Å². The minimum Gasteiger partial charge on any atom is -0.481 e. The third-order valence-corrected chi connectivity index (χ3v) is 3.86. The van der Waals surface area contributed by atoms with Gasteiger partial charge in [-0.05, 0) is 18.6 Å². The van der Waals surface area contributed by atoms with Crippen LogP contribution in [0.3, 0.4) is 0 Å². The molecule has 0 saturated heterocycles. The number of carboxylic acid groups (broad SMARTS) is 1. The Labute approximate surface area is 154 Å². The van der Waals surface area contributed by atoms with Gasteiger partial charge in [-0.3, -0.25) is 19.7 Å². The number of carbonyl (C=O) groups excluding carboxylic acids is 2. The van der Waals surface area contributed by atoms with E-state index in [4.69, 9.17) is 9.84 Å². The lowest BCUT2D eigenvalue weighted by Gasteiger charge is -2.06. The first-order valence-corrected chi connectivity index (χ1v) is 8.14. The molecular weight excluding hydrogens is 358 g/mol. The second-order valence-electron chi connectivity index (χ2n) is 5.84. The van der Waals surface area contributed by atoms with E-state index in [1.165, 1.54) is 40.7 Å². The first kappa shape index (κ1) is 19.9. The van der Waals surface area contributed by atoms with E-state index in [0.717, 1.165) is 0 Å². The van der Waals surface area contributed by atoms with Gasteiger partial charge in [0.1, 0.15) is 5.69 Å². The number of hydrogen-bond acceptors (Lipinski definition) is 6. The van der Waals surface area contributed by atoms with Gasteiger partial charge >= 0.3 is 11.9 Å². The molecular formula is C17H19N3O7. The van der Waals surface area contributed by atoms with Crippen molar-refractivity contribution in [2.45, 2.75) is 26.3 Å². The second kappa shape index (κ2) is 8.30. The van der Waals surface area contributed by atoms with Gasteiger partial charge in [-0.2, -0.15) is 0 Å². The van der Waals surface area contributed by atoms with E-state index >= 15 is 0 Å². The molecule has 1 N–H and O–H groups in total. The summed E-state index contributed by atoms with van der Waals surface area (Å²) in [4.78, 5) is 45.6. The predicted molar refractivity (Wildman–Crippen MR) is 92.7 cm³/mol.